The van der Waals surface area contributed by atoms with Crippen molar-refractivity contribution in [2.24, 2.45) is 0 Å². The maximum absolute atomic E-state index is 6.81. The minimum absolute atomic E-state index is 0.727. The highest BCUT2D eigenvalue weighted by Crippen LogP contribution is 2.64. The normalized spacial score (nSPS) is 16.8. The smallest absolute Gasteiger partial charge is 0.0399 e. The van der Waals surface area contributed by atoms with Crippen LogP contribution < -0.4 is 0 Å². The van der Waals surface area contributed by atoms with Crippen molar-refractivity contribution >= 4 is 19.9 Å². The van der Waals surface area contributed by atoms with Gasteiger partial charge in [-0.15, -0.1) is 15.2 Å². The van der Waals surface area contributed by atoms with Crippen LogP contribution >= 0.6 is 19.9 Å². The van der Waals surface area contributed by atoms with Gasteiger partial charge in [0.25, 0.3) is 0 Å². The Hall–Kier alpha value is -1.10. The van der Waals surface area contributed by atoms with E-state index in [0.717, 1.165) is 6.42 Å². The Kier molecular flexibility index (Phi) is 6.12. The Bertz CT molecular complexity index is 487. The number of benzene rings is 1. The van der Waals surface area contributed by atoms with Crippen LogP contribution in [0.2, 0.25) is 0 Å². The van der Waals surface area contributed by atoms with E-state index in [1.54, 1.807) is 0 Å². The van der Waals surface area contributed by atoms with Crippen molar-refractivity contribution in [3.63, 3.8) is 0 Å². The summed E-state index contributed by atoms with van der Waals surface area (Å²) in [5.74, 6) is 6.06. The van der Waals surface area contributed by atoms with E-state index in [-0.39, 0.29) is 0 Å². The van der Waals surface area contributed by atoms with Crippen LogP contribution in [0.5, 0.6) is 0 Å². The average Bonchev–Trinajstić information content (AvgIpc) is 2.39. The van der Waals surface area contributed by atoms with E-state index in [0.29, 0.717) is 0 Å². The molecule has 0 bridgehead atoms. The molecule has 0 aliphatic rings. The molecule has 1 atom stereocenters. The van der Waals surface area contributed by atoms with Crippen molar-refractivity contribution < 1.29 is 0 Å². The molecule has 18 heavy (non-hydrogen) atoms. The zero-order chi connectivity index (χ0) is 13.4. The van der Waals surface area contributed by atoms with Gasteiger partial charge in [0.2, 0.25) is 0 Å². The first kappa shape index (κ1) is 15.0. The molecule has 96 valence electrons. The number of rotatable bonds is 4. The Labute approximate surface area is 117 Å². The second kappa shape index (κ2) is 7.36. The first-order valence-electron chi connectivity index (χ1n) is 5.87. The van der Waals surface area contributed by atoms with Gasteiger partial charge in [0.1, 0.15) is 0 Å². The molecule has 0 spiro atoms. The molecule has 0 aliphatic heterocycles. The summed E-state index contributed by atoms with van der Waals surface area (Å²) >= 11 is 0. The highest BCUT2D eigenvalue weighted by Gasteiger charge is 2.21. The molecule has 0 saturated carbocycles. The van der Waals surface area contributed by atoms with E-state index < -0.39 is 9.24 Å². The summed E-state index contributed by atoms with van der Waals surface area (Å²) in [5.41, 5.74) is 0. The third-order valence-electron chi connectivity index (χ3n) is 2.59. The molecule has 0 fully saturated rings. The first-order chi connectivity index (χ1) is 8.62. The van der Waals surface area contributed by atoms with Gasteiger partial charge in [-0.2, -0.15) is 0 Å². The van der Waals surface area contributed by atoms with Crippen molar-refractivity contribution in [3.8, 4) is 11.8 Å². The van der Waals surface area contributed by atoms with Crippen LogP contribution in [0.1, 0.15) is 20.3 Å². The average molecular weight is 279 g/mol. The topological polar surface area (TPSA) is 0 Å². The van der Waals surface area contributed by atoms with Crippen molar-refractivity contribution in [1.82, 2.24) is 0 Å². The van der Waals surface area contributed by atoms with Crippen molar-refractivity contribution in [2.75, 3.05) is 6.26 Å². The molecule has 1 aromatic carbocycles. The standard InChI is InChI=1S/C16H19ClS/c1-4-6-11-15(12-7-5-2)18(3,17)16-13-9-8-10-14-16/h4,6,8-11,13-14H,12H2,1-3H3/b6-4-,15-11+. The molecule has 0 heterocycles. The first-order valence-corrected chi connectivity index (χ1v) is 8.74. The summed E-state index contributed by atoms with van der Waals surface area (Å²) in [6, 6.07) is 10.2. The van der Waals surface area contributed by atoms with Crippen LogP contribution in [0.25, 0.3) is 0 Å². The predicted octanol–water partition coefficient (Wildman–Crippen LogP) is 5.51. The predicted molar refractivity (Wildman–Crippen MR) is 85.0 cm³/mol. The Morgan fingerprint density at radius 1 is 1.33 bits per heavy atom. The molecule has 1 unspecified atom stereocenters. The summed E-state index contributed by atoms with van der Waals surface area (Å²) in [4.78, 5) is 2.38. The fourth-order valence-corrected chi connectivity index (χ4v) is 3.80. The van der Waals surface area contributed by atoms with Crippen LogP contribution in [-0.2, 0) is 0 Å². The van der Waals surface area contributed by atoms with Crippen LogP contribution in [-0.4, -0.2) is 6.26 Å². The van der Waals surface area contributed by atoms with E-state index in [4.69, 9.17) is 10.7 Å². The summed E-state index contributed by atoms with van der Waals surface area (Å²) in [5, 5.41) is 0. The van der Waals surface area contributed by atoms with Gasteiger partial charge in [0.15, 0.2) is 0 Å². The second-order valence-corrected chi connectivity index (χ2v) is 8.38. The highest BCUT2D eigenvalue weighted by atomic mass is 35.7. The van der Waals surface area contributed by atoms with E-state index in [2.05, 4.69) is 36.3 Å². The van der Waals surface area contributed by atoms with Crippen molar-refractivity contribution in [1.29, 1.82) is 0 Å². The van der Waals surface area contributed by atoms with Gasteiger partial charge in [-0.05, 0) is 37.1 Å². The quantitative estimate of drug-likeness (QED) is 0.503. The molecule has 0 aromatic heterocycles. The second-order valence-electron chi connectivity index (χ2n) is 3.89. The van der Waals surface area contributed by atoms with E-state index in [1.165, 1.54) is 9.80 Å². The van der Waals surface area contributed by atoms with Gasteiger partial charge in [0, 0.05) is 11.3 Å². The molecule has 0 nitrogen and oxygen atoms in total. The lowest BCUT2D eigenvalue weighted by Gasteiger charge is -2.30. The summed E-state index contributed by atoms with van der Waals surface area (Å²) in [7, 11) is 5.35. The minimum Gasteiger partial charge on any atom is -0.114 e. The fourth-order valence-electron chi connectivity index (χ4n) is 1.53. The molecule has 0 aliphatic carbocycles. The number of halogens is 1. The zero-order valence-corrected chi connectivity index (χ0v) is 12.7. The zero-order valence-electron chi connectivity index (χ0n) is 11.1. The maximum Gasteiger partial charge on any atom is 0.0399 e. The fraction of sp³-hybridized carbons (Fsp3) is 0.250. The monoisotopic (exact) mass is 278 g/mol. The lowest BCUT2D eigenvalue weighted by molar-refractivity contribution is 1.38. The molecule has 1 aromatic rings. The number of hydrogen-bond donors (Lipinski definition) is 0. The molecule has 1 rings (SSSR count). The number of hydrogen-bond acceptors (Lipinski definition) is 0. The Morgan fingerprint density at radius 2 is 2.00 bits per heavy atom. The van der Waals surface area contributed by atoms with Gasteiger partial charge < -0.3 is 0 Å². The van der Waals surface area contributed by atoms with Gasteiger partial charge >= 0.3 is 0 Å². The van der Waals surface area contributed by atoms with Gasteiger partial charge in [0.05, 0.1) is 0 Å². The molecule has 2 heteroatoms. The molecule has 0 radical (unpaired) electrons. The van der Waals surface area contributed by atoms with E-state index in [1.807, 2.05) is 44.2 Å². The molecular weight excluding hydrogens is 260 g/mol. The van der Waals surface area contributed by atoms with Crippen LogP contribution in [0.15, 0.2) is 58.4 Å². The molecular formula is C16H19ClS. The van der Waals surface area contributed by atoms with E-state index >= 15 is 0 Å². The van der Waals surface area contributed by atoms with Gasteiger partial charge in [-0.1, -0.05) is 53.0 Å². The van der Waals surface area contributed by atoms with Gasteiger partial charge in [-0.3, -0.25) is 0 Å². The summed E-state index contributed by atoms with van der Waals surface area (Å²) < 4.78 is 0. The summed E-state index contributed by atoms with van der Waals surface area (Å²) in [6.45, 7) is 3.86. The van der Waals surface area contributed by atoms with E-state index in [9.17, 15) is 0 Å². The third-order valence-corrected chi connectivity index (χ3v) is 6.14. The number of allylic oxidation sites excluding steroid dienone is 4. The van der Waals surface area contributed by atoms with Crippen LogP contribution in [0.3, 0.4) is 0 Å². The molecule has 0 N–H and O–H groups in total. The molecule has 0 saturated heterocycles. The van der Waals surface area contributed by atoms with Gasteiger partial charge in [-0.25, -0.2) is 0 Å². The Balaban J connectivity index is 3.13. The SMILES string of the molecule is CC#CC/C(=C\C=C/C)S(C)(Cl)c1ccccc1. The summed E-state index contributed by atoms with van der Waals surface area (Å²) in [6.07, 6.45) is 8.97. The highest BCUT2D eigenvalue weighted by molar-refractivity contribution is 8.53. The van der Waals surface area contributed by atoms with Crippen molar-refractivity contribution in [2.45, 2.75) is 25.2 Å². The van der Waals surface area contributed by atoms with Crippen molar-refractivity contribution in [3.05, 3.63) is 53.5 Å². The van der Waals surface area contributed by atoms with Crippen LogP contribution in [0.4, 0.5) is 0 Å². The minimum atomic E-state index is -1.47. The Morgan fingerprint density at radius 3 is 2.56 bits per heavy atom. The van der Waals surface area contributed by atoms with Crippen LogP contribution in [0, 0.1) is 11.8 Å². The lowest BCUT2D eigenvalue weighted by atomic mass is 10.3. The maximum atomic E-state index is 6.81. The largest absolute Gasteiger partial charge is 0.114 e. The lowest BCUT2D eigenvalue weighted by Crippen LogP contribution is -1.95. The molecule has 0 amide bonds. The third kappa shape index (κ3) is 3.98.